The third-order valence-electron chi connectivity index (χ3n) is 4.93. The minimum absolute atomic E-state index is 0.222. The van der Waals surface area contributed by atoms with E-state index in [2.05, 4.69) is 28.9 Å². The Morgan fingerprint density at radius 1 is 1.22 bits per heavy atom. The summed E-state index contributed by atoms with van der Waals surface area (Å²) in [5, 5.41) is 4.40. The molecule has 0 saturated carbocycles. The molecular formula is C18H28N6O2S. The van der Waals surface area contributed by atoms with Gasteiger partial charge in [-0.2, -0.15) is 22.1 Å². The summed E-state index contributed by atoms with van der Waals surface area (Å²) in [5.74, 6) is 0.222. The zero-order valence-corrected chi connectivity index (χ0v) is 17.2. The summed E-state index contributed by atoms with van der Waals surface area (Å²) in [7, 11) is -0.228. The molecule has 3 rings (SSSR count). The molecule has 9 heteroatoms. The summed E-state index contributed by atoms with van der Waals surface area (Å²) in [6.07, 6.45) is 7.72. The van der Waals surface area contributed by atoms with Gasteiger partial charge in [-0.25, -0.2) is 0 Å². The Balaban J connectivity index is 1.84. The van der Waals surface area contributed by atoms with Crippen molar-refractivity contribution in [2.75, 3.05) is 27.2 Å². The first kappa shape index (κ1) is 19.9. The minimum Gasteiger partial charge on any atom is -0.261 e. The lowest BCUT2D eigenvalue weighted by atomic mass is 9.93. The van der Waals surface area contributed by atoms with Crippen molar-refractivity contribution in [3.63, 3.8) is 0 Å². The van der Waals surface area contributed by atoms with Gasteiger partial charge in [0, 0.05) is 51.8 Å². The molecule has 1 saturated heterocycles. The standard InChI is InChI=1S/C18H28N6O2S/c1-14(2)24-17(7-8-21-24)18-16(19-9-10-20-18)12-15-6-5-11-23(13-15)27(25,26)22(3)4/h7-10,14-15H,5-6,11-13H2,1-4H3/t15-/m0/s1. The molecule has 3 heterocycles. The van der Waals surface area contributed by atoms with Crippen molar-refractivity contribution in [2.45, 2.75) is 39.2 Å². The van der Waals surface area contributed by atoms with Crippen molar-refractivity contribution >= 4 is 10.2 Å². The van der Waals surface area contributed by atoms with Crippen LogP contribution in [0.4, 0.5) is 0 Å². The van der Waals surface area contributed by atoms with E-state index in [1.807, 2.05) is 10.7 Å². The van der Waals surface area contributed by atoms with Crippen LogP contribution in [0.5, 0.6) is 0 Å². The van der Waals surface area contributed by atoms with E-state index in [0.717, 1.165) is 29.9 Å². The molecule has 0 aliphatic carbocycles. The maximum atomic E-state index is 12.5. The van der Waals surface area contributed by atoms with Crippen LogP contribution in [-0.2, 0) is 16.6 Å². The highest BCUT2D eigenvalue weighted by Crippen LogP contribution is 2.28. The molecule has 2 aromatic rings. The molecule has 1 aliphatic heterocycles. The van der Waals surface area contributed by atoms with Crippen LogP contribution in [0.15, 0.2) is 24.7 Å². The Morgan fingerprint density at radius 2 is 1.96 bits per heavy atom. The highest BCUT2D eigenvalue weighted by atomic mass is 32.2. The van der Waals surface area contributed by atoms with Crippen LogP contribution in [0.1, 0.15) is 38.4 Å². The second kappa shape index (κ2) is 8.04. The molecule has 0 radical (unpaired) electrons. The quantitative estimate of drug-likeness (QED) is 0.750. The number of aromatic nitrogens is 4. The fourth-order valence-corrected chi connectivity index (χ4v) is 4.77. The Morgan fingerprint density at radius 3 is 2.67 bits per heavy atom. The molecule has 0 amide bonds. The minimum atomic E-state index is -3.38. The van der Waals surface area contributed by atoms with Crippen molar-refractivity contribution in [3.8, 4) is 11.4 Å². The molecule has 1 atom stereocenters. The summed E-state index contributed by atoms with van der Waals surface area (Å²) in [5.41, 5.74) is 2.67. The second-order valence-electron chi connectivity index (χ2n) is 7.47. The second-order valence-corrected chi connectivity index (χ2v) is 9.61. The molecular weight excluding hydrogens is 364 g/mol. The van der Waals surface area contributed by atoms with E-state index in [1.165, 1.54) is 4.31 Å². The first-order chi connectivity index (χ1) is 12.8. The van der Waals surface area contributed by atoms with Gasteiger partial charge >= 0.3 is 0 Å². The molecule has 1 aliphatic rings. The number of hydrogen-bond acceptors (Lipinski definition) is 5. The molecule has 0 N–H and O–H groups in total. The maximum absolute atomic E-state index is 12.5. The number of rotatable bonds is 6. The molecule has 8 nitrogen and oxygen atoms in total. The molecule has 0 unspecified atom stereocenters. The first-order valence-electron chi connectivity index (χ1n) is 9.32. The molecule has 27 heavy (non-hydrogen) atoms. The van der Waals surface area contributed by atoms with E-state index in [-0.39, 0.29) is 12.0 Å². The average molecular weight is 393 g/mol. The molecule has 0 aromatic carbocycles. The van der Waals surface area contributed by atoms with E-state index >= 15 is 0 Å². The molecule has 2 aromatic heterocycles. The van der Waals surface area contributed by atoms with Crippen molar-refractivity contribution in [1.29, 1.82) is 0 Å². The van der Waals surface area contributed by atoms with Crippen LogP contribution in [0.3, 0.4) is 0 Å². The maximum Gasteiger partial charge on any atom is 0.281 e. The normalized spacial score (nSPS) is 19.1. The third-order valence-corrected chi connectivity index (χ3v) is 6.83. The van der Waals surface area contributed by atoms with Gasteiger partial charge in [0.05, 0.1) is 11.4 Å². The van der Waals surface area contributed by atoms with Crippen molar-refractivity contribution < 1.29 is 8.42 Å². The number of hydrogen-bond donors (Lipinski definition) is 0. The van der Waals surface area contributed by atoms with E-state index < -0.39 is 10.2 Å². The van der Waals surface area contributed by atoms with Crippen molar-refractivity contribution in [1.82, 2.24) is 28.4 Å². The smallest absolute Gasteiger partial charge is 0.261 e. The molecule has 0 bridgehead atoms. The van der Waals surface area contributed by atoms with Gasteiger partial charge in [-0.15, -0.1) is 0 Å². The van der Waals surface area contributed by atoms with Gasteiger partial charge in [-0.1, -0.05) is 0 Å². The zero-order chi connectivity index (χ0) is 19.6. The van der Waals surface area contributed by atoms with Crippen LogP contribution in [0.2, 0.25) is 0 Å². The van der Waals surface area contributed by atoms with E-state index in [4.69, 9.17) is 0 Å². The van der Waals surface area contributed by atoms with Crippen LogP contribution in [0.25, 0.3) is 11.4 Å². The van der Waals surface area contributed by atoms with Gasteiger partial charge in [0.2, 0.25) is 0 Å². The monoisotopic (exact) mass is 392 g/mol. The summed E-state index contributed by atoms with van der Waals surface area (Å²) in [4.78, 5) is 9.13. The first-order valence-corrected chi connectivity index (χ1v) is 10.7. The fourth-order valence-electron chi connectivity index (χ4n) is 3.55. The third kappa shape index (κ3) is 4.20. The highest BCUT2D eigenvalue weighted by Gasteiger charge is 2.31. The van der Waals surface area contributed by atoms with E-state index in [0.29, 0.717) is 19.5 Å². The molecule has 148 valence electrons. The lowest BCUT2D eigenvalue weighted by molar-refractivity contribution is 0.253. The Bertz CT molecular complexity index is 877. The molecule has 0 spiro atoms. The topological polar surface area (TPSA) is 84.2 Å². The summed E-state index contributed by atoms with van der Waals surface area (Å²) >= 11 is 0. The summed E-state index contributed by atoms with van der Waals surface area (Å²) in [6.45, 7) is 5.25. The summed E-state index contributed by atoms with van der Waals surface area (Å²) < 4.78 is 29.7. The van der Waals surface area contributed by atoms with Gasteiger partial charge in [-0.05, 0) is 45.1 Å². The largest absolute Gasteiger partial charge is 0.281 e. The molecule has 1 fully saturated rings. The average Bonchev–Trinajstić information content (AvgIpc) is 3.12. The zero-order valence-electron chi connectivity index (χ0n) is 16.4. The van der Waals surface area contributed by atoms with Gasteiger partial charge in [0.1, 0.15) is 5.69 Å². The predicted molar refractivity (Wildman–Crippen MR) is 104 cm³/mol. The Hall–Kier alpha value is -1.84. The van der Waals surface area contributed by atoms with E-state index in [9.17, 15) is 8.42 Å². The predicted octanol–water partition coefficient (Wildman–Crippen LogP) is 1.98. The van der Waals surface area contributed by atoms with Crippen LogP contribution >= 0.6 is 0 Å². The van der Waals surface area contributed by atoms with Crippen molar-refractivity contribution in [2.24, 2.45) is 5.92 Å². The van der Waals surface area contributed by atoms with Gasteiger partial charge < -0.3 is 0 Å². The van der Waals surface area contributed by atoms with Crippen LogP contribution in [-0.4, -0.2) is 64.0 Å². The van der Waals surface area contributed by atoms with E-state index in [1.54, 1.807) is 37.0 Å². The van der Waals surface area contributed by atoms with Gasteiger partial charge in [0.15, 0.2) is 0 Å². The highest BCUT2D eigenvalue weighted by molar-refractivity contribution is 7.86. The Kier molecular flexibility index (Phi) is 5.92. The van der Waals surface area contributed by atoms with Crippen LogP contribution < -0.4 is 0 Å². The number of piperidine rings is 1. The Labute approximate surface area is 161 Å². The van der Waals surface area contributed by atoms with Crippen molar-refractivity contribution in [3.05, 3.63) is 30.4 Å². The fraction of sp³-hybridized carbons (Fsp3) is 0.611. The van der Waals surface area contributed by atoms with Gasteiger partial charge in [0.25, 0.3) is 10.2 Å². The lowest BCUT2D eigenvalue weighted by Gasteiger charge is -2.33. The summed E-state index contributed by atoms with van der Waals surface area (Å²) in [6, 6.07) is 2.18. The van der Waals surface area contributed by atoms with Crippen LogP contribution in [0, 0.1) is 5.92 Å². The SMILES string of the molecule is CC(C)n1nccc1-c1nccnc1C[C@@H]1CCCN(S(=O)(=O)N(C)C)C1. The van der Waals surface area contributed by atoms with Gasteiger partial charge in [-0.3, -0.25) is 14.6 Å². The number of nitrogens with zero attached hydrogens (tertiary/aromatic N) is 6. The lowest BCUT2D eigenvalue weighted by Crippen LogP contribution is -2.45.